The van der Waals surface area contributed by atoms with Crippen LogP contribution in [0.5, 0.6) is 0 Å². The zero-order valence-corrected chi connectivity index (χ0v) is 11.4. The van der Waals surface area contributed by atoms with Crippen LogP contribution in [-0.4, -0.2) is 29.8 Å². The first kappa shape index (κ1) is 16.4. The minimum absolute atomic E-state index is 0.0174. The van der Waals surface area contributed by atoms with Crippen LogP contribution in [0.2, 0.25) is 0 Å². The summed E-state index contributed by atoms with van der Waals surface area (Å²) in [6.07, 6.45) is 0.463. The fourth-order valence-corrected chi connectivity index (χ4v) is 1.96. The van der Waals surface area contributed by atoms with Gasteiger partial charge in [0, 0.05) is 18.5 Å². The van der Waals surface area contributed by atoms with Crippen LogP contribution in [0.15, 0.2) is 18.2 Å². The summed E-state index contributed by atoms with van der Waals surface area (Å²) in [7, 11) is 0. The summed E-state index contributed by atoms with van der Waals surface area (Å²) >= 11 is 3.97. The third kappa shape index (κ3) is 4.44. The Balaban J connectivity index is 2.81. The SMILES string of the molecule is O=C(NCC(CF)CCS)c1cc(F)ccc1[N+](=O)[O-]. The van der Waals surface area contributed by atoms with Crippen LogP contribution in [0.4, 0.5) is 14.5 Å². The molecule has 0 bridgehead atoms. The van der Waals surface area contributed by atoms with Crippen LogP contribution in [0.3, 0.4) is 0 Å². The smallest absolute Gasteiger partial charge is 0.282 e. The molecule has 0 spiro atoms. The Morgan fingerprint density at radius 3 is 2.75 bits per heavy atom. The van der Waals surface area contributed by atoms with E-state index in [9.17, 15) is 23.7 Å². The average molecular weight is 304 g/mol. The molecule has 1 aromatic rings. The van der Waals surface area contributed by atoms with E-state index in [1.54, 1.807) is 0 Å². The molecule has 5 nitrogen and oxygen atoms in total. The molecular formula is C12H14F2N2O3S. The number of nitrogens with zero attached hydrogens (tertiary/aromatic N) is 1. The molecule has 0 aliphatic heterocycles. The number of benzene rings is 1. The standard InChI is InChI=1S/C12H14F2N2O3S/c13-6-8(3-4-20)7-15-12(17)10-5-9(14)1-2-11(10)16(18)19/h1-2,5,8,20H,3-4,6-7H2,(H,15,17). The first-order valence-electron chi connectivity index (χ1n) is 5.88. The molecule has 0 aliphatic carbocycles. The molecule has 1 rings (SSSR count). The molecule has 0 heterocycles. The minimum Gasteiger partial charge on any atom is -0.351 e. The van der Waals surface area contributed by atoms with Gasteiger partial charge in [-0.3, -0.25) is 19.3 Å². The summed E-state index contributed by atoms with van der Waals surface area (Å²) in [6, 6.07) is 2.61. The number of nitro groups is 1. The molecule has 1 aromatic carbocycles. The average Bonchev–Trinajstić information content (AvgIpc) is 2.42. The van der Waals surface area contributed by atoms with E-state index in [1.807, 2.05) is 0 Å². The van der Waals surface area contributed by atoms with E-state index in [0.29, 0.717) is 12.2 Å². The number of carbonyl (C=O) groups excluding carboxylic acids is 1. The van der Waals surface area contributed by atoms with Gasteiger partial charge in [-0.05, 0) is 24.3 Å². The van der Waals surface area contributed by atoms with Gasteiger partial charge in [-0.1, -0.05) is 0 Å². The third-order valence-electron chi connectivity index (χ3n) is 2.71. The largest absolute Gasteiger partial charge is 0.351 e. The quantitative estimate of drug-likeness (QED) is 0.461. The van der Waals surface area contributed by atoms with Crippen LogP contribution in [0, 0.1) is 21.8 Å². The first-order chi connectivity index (χ1) is 9.49. The van der Waals surface area contributed by atoms with Crippen molar-refractivity contribution in [3.63, 3.8) is 0 Å². The maximum Gasteiger partial charge on any atom is 0.282 e. The highest BCUT2D eigenvalue weighted by molar-refractivity contribution is 7.80. The lowest BCUT2D eigenvalue weighted by Crippen LogP contribution is -2.31. The van der Waals surface area contributed by atoms with Gasteiger partial charge in [-0.25, -0.2) is 4.39 Å². The first-order valence-corrected chi connectivity index (χ1v) is 6.51. The van der Waals surface area contributed by atoms with E-state index >= 15 is 0 Å². The molecular weight excluding hydrogens is 290 g/mol. The van der Waals surface area contributed by atoms with Crippen LogP contribution >= 0.6 is 12.6 Å². The summed E-state index contributed by atoms with van der Waals surface area (Å²) < 4.78 is 25.7. The van der Waals surface area contributed by atoms with Crippen molar-refractivity contribution in [2.24, 2.45) is 5.92 Å². The number of nitrogens with one attached hydrogen (secondary N) is 1. The number of alkyl halides is 1. The molecule has 0 aromatic heterocycles. The van der Waals surface area contributed by atoms with Gasteiger partial charge >= 0.3 is 0 Å². The van der Waals surface area contributed by atoms with Crippen molar-refractivity contribution in [3.8, 4) is 0 Å². The number of carbonyl (C=O) groups is 1. The molecule has 1 N–H and O–H groups in total. The van der Waals surface area contributed by atoms with Gasteiger partial charge in [-0.2, -0.15) is 12.6 Å². The maximum absolute atomic E-state index is 13.1. The summed E-state index contributed by atoms with van der Waals surface area (Å²) in [4.78, 5) is 21.8. The van der Waals surface area contributed by atoms with E-state index in [1.165, 1.54) is 0 Å². The van der Waals surface area contributed by atoms with Crippen molar-refractivity contribution in [2.75, 3.05) is 19.0 Å². The molecule has 0 aliphatic rings. The Morgan fingerprint density at radius 1 is 1.50 bits per heavy atom. The Hall–Kier alpha value is -1.70. The number of hydrogen-bond donors (Lipinski definition) is 2. The van der Waals surface area contributed by atoms with Crippen LogP contribution in [0.25, 0.3) is 0 Å². The second kappa shape index (κ2) is 7.78. The predicted molar refractivity (Wildman–Crippen MR) is 73.3 cm³/mol. The molecule has 8 heteroatoms. The van der Waals surface area contributed by atoms with Crippen molar-refractivity contribution < 1.29 is 18.5 Å². The number of nitro benzene ring substituents is 1. The van der Waals surface area contributed by atoms with Gasteiger partial charge < -0.3 is 5.32 Å². The lowest BCUT2D eigenvalue weighted by Gasteiger charge is -2.12. The number of rotatable bonds is 7. The predicted octanol–water partition coefficient (Wildman–Crippen LogP) is 2.37. The molecule has 0 fully saturated rings. The Morgan fingerprint density at radius 2 is 2.20 bits per heavy atom. The third-order valence-corrected chi connectivity index (χ3v) is 2.96. The van der Waals surface area contributed by atoms with Gasteiger partial charge in [0.1, 0.15) is 11.4 Å². The Bertz CT molecular complexity index is 500. The van der Waals surface area contributed by atoms with E-state index < -0.39 is 34.9 Å². The normalized spacial score (nSPS) is 11.9. The minimum atomic E-state index is -0.797. The number of hydrogen-bond acceptors (Lipinski definition) is 4. The van der Waals surface area contributed by atoms with Crippen LogP contribution < -0.4 is 5.32 Å². The highest BCUT2D eigenvalue weighted by Crippen LogP contribution is 2.19. The second-order valence-electron chi connectivity index (χ2n) is 4.16. The van der Waals surface area contributed by atoms with Crippen LogP contribution in [0.1, 0.15) is 16.8 Å². The maximum atomic E-state index is 13.1. The zero-order valence-electron chi connectivity index (χ0n) is 10.5. The summed E-state index contributed by atoms with van der Waals surface area (Å²) in [6.45, 7) is -0.615. The topological polar surface area (TPSA) is 72.2 Å². The fraction of sp³-hybridized carbons (Fsp3) is 0.417. The lowest BCUT2D eigenvalue weighted by atomic mass is 10.1. The van der Waals surface area contributed by atoms with Crippen molar-refractivity contribution in [3.05, 3.63) is 39.7 Å². The van der Waals surface area contributed by atoms with Gasteiger partial charge in [0.25, 0.3) is 11.6 Å². The highest BCUT2D eigenvalue weighted by atomic mass is 32.1. The monoisotopic (exact) mass is 304 g/mol. The molecule has 110 valence electrons. The molecule has 0 radical (unpaired) electrons. The fourth-order valence-electron chi connectivity index (χ4n) is 1.60. The summed E-state index contributed by atoms with van der Waals surface area (Å²) in [5.74, 6) is -1.50. The lowest BCUT2D eigenvalue weighted by molar-refractivity contribution is -0.385. The van der Waals surface area contributed by atoms with Crippen molar-refractivity contribution in [2.45, 2.75) is 6.42 Å². The molecule has 20 heavy (non-hydrogen) atoms. The van der Waals surface area contributed by atoms with E-state index in [-0.39, 0.29) is 12.1 Å². The molecule has 1 atom stereocenters. The highest BCUT2D eigenvalue weighted by Gasteiger charge is 2.21. The molecule has 1 amide bonds. The van der Waals surface area contributed by atoms with E-state index in [2.05, 4.69) is 17.9 Å². The van der Waals surface area contributed by atoms with Crippen molar-refractivity contribution in [1.82, 2.24) is 5.32 Å². The molecule has 0 saturated heterocycles. The van der Waals surface area contributed by atoms with E-state index in [0.717, 1.165) is 18.2 Å². The second-order valence-corrected chi connectivity index (χ2v) is 4.61. The van der Waals surface area contributed by atoms with Gasteiger partial charge in [0.05, 0.1) is 11.6 Å². The summed E-state index contributed by atoms with van der Waals surface area (Å²) in [5.41, 5.74) is -0.867. The zero-order chi connectivity index (χ0) is 15.1. The van der Waals surface area contributed by atoms with Gasteiger partial charge in [0.15, 0.2) is 0 Å². The Labute approximate surface area is 119 Å². The van der Waals surface area contributed by atoms with Gasteiger partial charge in [0.2, 0.25) is 0 Å². The number of halogens is 2. The van der Waals surface area contributed by atoms with E-state index in [4.69, 9.17) is 0 Å². The molecule has 0 saturated carbocycles. The number of thiol groups is 1. The van der Waals surface area contributed by atoms with Crippen molar-refractivity contribution >= 4 is 24.2 Å². The molecule has 1 unspecified atom stereocenters. The summed E-state index contributed by atoms with van der Waals surface area (Å²) in [5, 5.41) is 13.1. The van der Waals surface area contributed by atoms with Crippen molar-refractivity contribution in [1.29, 1.82) is 0 Å². The Kier molecular flexibility index (Phi) is 6.37. The van der Waals surface area contributed by atoms with Gasteiger partial charge in [-0.15, -0.1) is 0 Å². The van der Waals surface area contributed by atoms with Crippen LogP contribution in [-0.2, 0) is 0 Å². The number of amides is 1.